The van der Waals surface area contributed by atoms with Crippen LogP contribution in [0.15, 0.2) is 0 Å². The van der Waals surface area contributed by atoms with Crippen LogP contribution in [0.1, 0.15) is 213 Å². The maximum absolute atomic E-state index is 12.5. The first-order valence-corrected chi connectivity index (χ1v) is 22.5. The van der Waals surface area contributed by atoms with Crippen LogP contribution in [-0.2, 0) is 32.7 Å². The van der Waals surface area contributed by atoms with Crippen molar-refractivity contribution >= 4 is 19.8 Å². The van der Waals surface area contributed by atoms with Gasteiger partial charge in [0.2, 0.25) is 0 Å². The van der Waals surface area contributed by atoms with E-state index in [1.807, 2.05) is 0 Å². The molecule has 0 saturated heterocycles. The number of rotatable bonds is 40. The minimum atomic E-state index is -4.36. The van der Waals surface area contributed by atoms with Crippen LogP contribution in [0.2, 0.25) is 0 Å². The van der Waals surface area contributed by atoms with E-state index < -0.39 is 26.5 Å². The summed E-state index contributed by atoms with van der Waals surface area (Å²) in [5, 5.41) is 0. The van der Waals surface area contributed by atoms with Crippen LogP contribution < -0.4 is 5.73 Å². The molecule has 0 aliphatic rings. The number of hydrogen-bond acceptors (Lipinski definition) is 8. The second-order valence-electron chi connectivity index (χ2n) is 14.2. The molecule has 0 radical (unpaired) electrons. The minimum Gasteiger partial charge on any atom is -0.462 e. The maximum atomic E-state index is 12.5. The lowest BCUT2D eigenvalue weighted by atomic mass is 10.0. The Hall–Kier alpha value is -0.990. The van der Waals surface area contributed by atoms with Gasteiger partial charge in [-0.3, -0.25) is 18.6 Å². The van der Waals surface area contributed by atoms with Crippen molar-refractivity contribution in [3.8, 4) is 0 Å². The molecular weight excluding hydrogens is 653 g/mol. The summed E-state index contributed by atoms with van der Waals surface area (Å²) in [6, 6.07) is 0. The van der Waals surface area contributed by atoms with Gasteiger partial charge in [0.05, 0.1) is 13.2 Å². The van der Waals surface area contributed by atoms with Gasteiger partial charge in [-0.2, -0.15) is 0 Å². The summed E-state index contributed by atoms with van der Waals surface area (Å²) in [6.45, 7) is 3.75. The normalized spacial score (nSPS) is 13.3. The molecule has 10 heteroatoms. The Morgan fingerprint density at radius 3 is 1.22 bits per heavy atom. The zero-order valence-corrected chi connectivity index (χ0v) is 33.6. The number of unbranched alkanes of at least 4 members (excludes halogenated alkanes) is 27. The fraction of sp³-hybridized carbons (Fsp3) is 0.950. The largest absolute Gasteiger partial charge is 0.472 e. The van der Waals surface area contributed by atoms with Gasteiger partial charge in [-0.05, 0) is 12.8 Å². The zero-order chi connectivity index (χ0) is 36.8. The summed E-state index contributed by atoms with van der Waals surface area (Å²) in [5.41, 5.74) is 5.33. The van der Waals surface area contributed by atoms with Crippen molar-refractivity contribution < 1.29 is 37.6 Å². The molecule has 3 N–H and O–H groups in total. The highest BCUT2D eigenvalue weighted by molar-refractivity contribution is 7.47. The van der Waals surface area contributed by atoms with E-state index in [2.05, 4.69) is 13.8 Å². The SMILES string of the molecule is CCCCCCCCCCCCCCCCCCCCCC(=O)OC[C@@H](COP(=O)(O)OCCN)OC(=O)CCCCCCCCCCCC. The molecule has 50 heavy (non-hydrogen) atoms. The van der Waals surface area contributed by atoms with E-state index in [1.165, 1.54) is 148 Å². The number of nitrogens with two attached hydrogens (primary N) is 1. The highest BCUT2D eigenvalue weighted by Crippen LogP contribution is 2.43. The summed E-state index contributed by atoms with van der Waals surface area (Å²) in [5.74, 6) is -0.817. The minimum absolute atomic E-state index is 0.0578. The number of phosphoric ester groups is 1. The Bertz CT molecular complexity index is 799. The van der Waals surface area contributed by atoms with Gasteiger partial charge in [-0.1, -0.05) is 187 Å². The molecule has 0 aromatic carbocycles. The molecule has 0 aromatic heterocycles. The third-order valence-corrected chi connectivity index (χ3v) is 10.2. The number of ether oxygens (including phenoxy) is 2. The molecule has 0 aliphatic carbocycles. The average molecular weight is 734 g/mol. The van der Waals surface area contributed by atoms with Gasteiger partial charge in [0, 0.05) is 19.4 Å². The van der Waals surface area contributed by atoms with Crippen molar-refractivity contribution in [1.82, 2.24) is 0 Å². The van der Waals surface area contributed by atoms with Crippen LogP contribution in [0.25, 0.3) is 0 Å². The smallest absolute Gasteiger partial charge is 0.462 e. The quantitative estimate of drug-likeness (QED) is 0.0358. The van der Waals surface area contributed by atoms with E-state index in [9.17, 15) is 19.0 Å². The second kappa shape index (κ2) is 37.8. The molecule has 9 nitrogen and oxygen atoms in total. The first-order valence-electron chi connectivity index (χ1n) is 21.0. The van der Waals surface area contributed by atoms with Crippen molar-refractivity contribution in [3.63, 3.8) is 0 Å². The standard InChI is InChI=1S/C40H80NO8P/c1-3-5-7-9-11-13-15-16-17-18-19-20-21-22-23-25-26-28-30-32-39(42)46-36-38(37-48-50(44,45)47-35-34-41)49-40(43)33-31-29-27-24-14-12-10-8-6-4-2/h38H,3-37,41H2,1-2H3,(H,44,45)/t38-/m0/s1. The average Bonchev–Trinajstić information content (AvgIpc) is 3.10. The molecule has 0 aliphatic heterocycles. The van der Waals surface area contributed by atoms with Crippen molar-refractivity contribution in [2.24, 2.45) is 5.73 Å². The zero-order valence-electron chi connectivity index (χ0n) is 32.7. The molecule has 0 heterocycles. The third kappa shape index (κ3) is 36.8. The molecule has 0 aromatic rings. The summed E-state index contributed by atoms with van der Waals surface area (Å²) in [6.07, 6.45) is 35.7. The predicted molar refractivity (Wildman–Crippen MR) is 206 cm³/mol. The first-order chi connectivity index (χ1) is 24.3. The second-order valence-corrected chi connectivity index (χ2v) is 15.7. The van der Waals surface area contributed by atoms with E-state index >= 15 is 0 Å². The van der Waals surface area contributed by atoms with Crippen LogP contribution in [0.5, 0.6) is 0 Å². The Kier molecular flexibility index (Phi) is 37.0. The third-order valence-electron chi connectivity index (χ3n) is 9.24. The Balaban J connectivity index is 4.04. The molecule has 298 valence electrons. The number of hydrogen-bond donors (Lipinski definition) is 2. The molecule has 2 atom stereocenters. The molecule has 1 unspecified atom stereocenters. The lowest BCUT2D eigenvalue weighted by molar-refractivity contribution is -0.161. The van der Waals surface area contributed by atoms with Crippen LogP contribution in [0, 0.1) is 0 Å². The highest BCUT2D eigenvalue weighted by atomic mass is 31.2. The number of phosphoric acid groups is 1. The van der Waals surface area contributed by atoms with Crippen LogP contribution >= 0.6 is 7.82 Å². The molecular formula is C40H80NO8P. The summed E-state index contributed by atoms with van der Waals surface area (Å²) >= 11 is 0. The van der Waals surface area contributed by atoms with Crippen molar-refractivity contribution in [2.45, 2.75) is 219 Å². The van der Waals surface area contributed by atoms with Gasteiger partial charge in [0.15, 0.2) is 6.10 Å². The summed E-state index contributed by atoms with van der Waals surface area (Å²) in [7, 11) is -4.36. The van der Waals surface area contributed by atoms with Gasteiger partial charge in [-0.15, -0.1) is 0 Å². The van der Waals surface area contributed by atoms with E-state index in [1.54, 1.807) is 0 Å². The van der Waals surface area contributed by atoms with Gasteiger partial charge in [-0.25, -0.2) is 4.57 Å². The topological polar surface area (TPSA) is 134 Å². The fourth-order valence-corrected chi connectivity index (χ4v) is 6.87. The van der Waals surface area contributed by atoms with Crippen molar-refractivity contribution in [2.75, 3.05) is 26.4 Å². The van der Waals surface area contributed by atoms with Gasteiger partial charge in [0.25, 0.3) is 0 Å². The van der Waals surface area contributed by atoms with E-state index in [4.69, 9.17) is 24.3 Å². The Morgan fingerprint density at radius 2 is 0.860 bits per heavy atom. The molecule has 0 saturated carbocycles. The predicted octanol–water partition coefficient (Wildman–Crippen LogP) is 11.7. The molecule has 0 rings (SSSR count). The highest BCUT2D eigenvalue weighted by Gasteiger charge is 2.26. The van der Waals surface area contributed by atoms with Gasteiger partial charge >= 0.3 is 19.8 Å². The van der Waals surface area contributed by atoms with Crippen molar-refractivity contribution in [1.29, 1.82) is 0 Å². The molecule has 0 bridgehead atoms. The van der Waals surface area contributed by atoms with Crippen LogP contribution in [-0.4, -0.2) is 49.3 Å². The van der Waals surface area contributed by atoms with Crippen molar-refractivity contribution in [3.05, 3.63) is 0 Å². The Labute approximate surface area is 307 Å². The summed E-state index contributed by atoms with van der Waals surface area (Å²) < 4.78 is 32.7. The number of esters is 2. The van der Waals surface area contributed by atoms with Crippen LogP contribution in [0.3, 0.4) is 0 Å². The maximum Gasteiger partial charge on any atom is 0.472 e. The molecule has 0 spiro atoms. The van der Waals surface area contributed by atoms with E-state index in [-0.39, 0.29) is 38.6 Å². The molecule has 0 fully saturated rings. The Morgan fingerprint density at radius 1 is 0.520 bits per heavy atom. The number of carbonyl (C=O) groups is 2. The van der Waals surface area contributed by atoms with E-state index in [0.29, 0.717) is 6.42 Å². The van der Waals surface area contributed by atoms with Gasteiger partial charge in [0.1, 0.15) is 6.61 Å². The van der Waals surface area contributed by atoms with Gasteiger partial charge < -0.3 is 20.1 Å². The monoisotopic (exact) mass is 734 g/mol. The first kappa shape index (κ1) is 49.0. The summed E-state index contributed by atoms with van der Waals surface area (Å²) in [4.78, 5) is 34.7. The fourth-order valence-electron chi connectivity index (χ4n) is 6.11. The van der Waals surface area contributed by atoms with Crippen LogP contribution in [0.4, 0.5) is 0 Å². The number of carbonyl (C=O) groups excluding carboxylic acids is 2. The lowest BCUT2D eigenvalue weighted by Gasteiger charge is -2.19. The van der Waals surface area contributed by atoms with E-state index in [0.717, 1.165) is 32.1 Å². The lowest BCUT2D eigenvalue weighted by Crippen LogP contribution is -2.29. The molecule has 0 amide bonds.